The van der Waals surface area contributed by atoms with Gasteiger partial charge in [0.05, 0.1) is 20.4 Å². The van der Waals surface area contributed by atoms with E-state index >= 15 is 0 Å². The molecule has 0 aromatic rings. The molecule has 0 aliphatic heterocycles. The highest BCUT2D eigenvalue weighted by molar-refractivity contribution is 7.43. The summed E-state index contributed by atoms with van der Waals surface area (Å²) in [4.78, 5) is 28.4. The van der Waals surface area contributed by atoms with Gasteiger partial charge < -0.3 is 28.8 Å². The number of carboxylic acid groups (broad SMARTS) is 1. The van der Waals surface area contributed by atoms with Crippen LogP contribution in [0, 0.1) is 0 Å². The van der Waals surface area contributed by atoms with Gasteiger partial charge in [0, 0.05) is 0 Å². The van der Waals surface area contributed by atoms with E-state index < -0.39 is 20.4 Å². The van der Waals surface area contributed by atoms with Gasteiger partial charge in [-0.1, -0.05) is 0 Å². The Balaban J connectivity index is 3.53. The summed E-state index contributed by atoms with van der Waals surface area (Å²) in [6.07, 6.45) is 0. The normalized spacial score (nSPS) is 11.3. The second-order valence-corrected chi connectivity index (χ2v) is 2.25. The van der Waals surface area contributed by atoms with E-state index in [9.17, 15) is 24.3 Å². The molecule has 0 radical (unpaired) electrons. The van der Waals surface area contributed by atoms with Crippen molar-refractivity contribution in [2.45, 2.75) is 0 Å². The van der Waals surface area contributed by atoms with E-state index in [1.54, 1.807) is 0 Å². The largest absolute Gasteiger partial charge is 0.790 e. The summed E-state index contributed by atoms with van der Waals surface area (Å²) in [6, 6.07) is 0. The maximum absolute atomic E-state index is 9.49. The minimum atomic E-state index is -5.14. The summed E-state index contributed by atoms with van der Waals surface area (Å²) in [7, 11) is -5.14. The van der Waals surface area contributed by atoms with Gasteiger partial charge in [-0.15, -0.1) is 0 Å². The van der Waals surface area contributed by atoms with Crippen LogP contribution in [0.4, 0.5) is 0 Å². The third-order valence-corrected chi connectivity index (χ3v) is 0.786. The van der Waals surface area contributed by atoms with Crippen molar-refractivity contribution in [1.29, 1.82) is 0 Å². The molecule has 0 heterocycles. The first kappa shape index (κ1) is 8.58. The standard InChI is InChI=1S/C2H5O6P/c3-2(4)1-8-9(5,6)7/h1H2,(H,3,4)(H2,5,6,7)/p-3. The molecule has 0 aromatic carbocycles. The summed E-state index contributed by atoms with van der Waals surface area (Å²) in [5.41, 5.74) is 0. The van der Waals surface area contributed by atoms with Crippen molar-refractivity contribution in [2.75, 3.05) is 6.61 Å². The number of phosphoric ester groups is 1. The van der Waals surface area contributed by atoms with Crippen molar-refractivity contribution in [3.63, 3.8) is 0 Å². The molecule has 0 unspecified atom stereocenters. The number of hydrogen-bond acceptors (Lipinski definition) is 6. The summed E-state index contributed by atoms with van der Waals surface area (Å²) >= 11 is 0. The van der Waals surface area contributed by atoms with Crippen molar-refractivity contribution >= 4 is 13.8 Å². The SMILES string of the molecule is O=C([O-])COP(=O)([O-])[O-]. The van der Waals surface area contributed by atoms with Gasteiger partial charge in [0.1, 0.15) is 0 Å². The van der Waals surface area contributed by atoms with E-state index in [0.717, 1.165) is 0 Å². The fourth-order valence-corrected chi connectivity index (χ4v) is 0.395. The lowest BCUT2D eigenvalue weighted by atomic mass is 10.8. The molecule has 0 aliphatic rings. The Bertz CT molecular complexity index is 145. The second-order valence-electron chi connectivity index (χ2n) is 1.09. The average molecular weight is 153 g/mol. The van der Waals surface area contributed by atoms with Gasteiger partial charge in [-0.2, -0.15) is 0 Å². The zero-order chi connectivity index (χ0) is 7.49. The molecule has 0 spiro atoms. The number of phosphoric acid groups is 1. The van der Waals surface area contributed by atoms with Gasteiger partial charge in [-0.25, -0.2) is 0 Å². The average Bonchev–Trinajstić information content (AvgIpc) is 1.59. The number of hydrogen-bond donors (Lipinski definition) is 0. The zero-order valence-electron chi connectivity index (χ0n) is 4.10. The summed E-state index contributed by atoms with van der Waals surface area (Å²) < 4.78 is 12.8. The van der Waals surface area contributed by atoms with Crippen molar-refractivity contribution in [2.24, 2.45) is 0 Å². The van der Waals surface area contributed by atoms with E-state index in [2.05, 4.69) is 4.52 Å². The van der Waals surface area contributed by atoms with Crippen LogP contribution in [0.5, 0.6) is 0 Å². The predicted molar refractivity (Wildman–Crippen MR) is 18.6 cm³/mol. The highest BCUT2D eigenvalue weighted by Crippen LogP contribution is 2.23. The first-order chi connectivity index (χ1) is 3.92. The number of carbonyl (C=O) groups excluding carboxylic acids is 1. The van der Waals surface area contributed by atoms with Crippen LogP contribution in [-0.2, 0) is 13.9 Å². The lowest BCUT2D eigenvalue weighted by Gasteiger charge is -2.28. The van der Waals surface area contributed by atoms with Crippen molar-refractivity contribution in [3.8, 4) is 0 Å². The fraction of sp³-hybridized carbons (Fsp3) is 0.500. The molecular weight excluding hydrogens is 151 g/mol. The van der Waals surface area contributed by atoms with Gasteiger partial charge in [0.15, 0.2) is 0 Å². The molecule has 0 saturated heterocycles. The molecule has 0 aromatic heterocycles. The van der Waals surface area contributed by atoms with E-state index in [4.69, 9.17) is 0 Å². The Morgan fingerprint density at radius 3 is 2.11 bits per heavy atom. The Labute approximate surface area is 50.3 Å². The summed E-state index contributed by atoms with van der Waals surface area (Å²) in [5, 5.41) is 9.41. The van der Waals surface area contributed by atoms with E-state index in [1.807, 2.05) is 0 Å². The van der Waals surface area contributed by atoms with Crippen molar-refractivity contribution in [1.82, 2.24) is 0 Å². The monoisotopic (exact) mass is 153 g/mol. The Morgan fingerprint density at radius 2 is 2.00 bits per heavy atom. The third kappa shape index (κ3) is 7.58. The van der Waals surface area contributed by atoms with Crippen LogP contribution in [0.2, 0.25) is 0 Å². The number of rotatable bonds is 3. The van der Waals surface area contributed by atoms with Crippen molar-refractivity contribution in [3.05, 3.63) is 0 Å². The molecule has 0 saturated carbocycles. The Morgan fingerprint density at radius 1 is 1.56 bits per heavy atom. The molecule has 0 N–H and O–H groups in total. The van der Waals surface area contributed by atoms with Crippen LogP contribution in [0.1, 0.15) is 0 Å². The molecule has 0 rings (SSSR count). The van der Waals surface area contributed by atoms with Crippen LogP contribution in [0.3, 0.4) is 0 Å². The highest BCUT2D eigenvalue weighted by atomic mass is 31.2. The van der Waals surface area contributed by atoms with Crippen LogP contribution in [-0.4, -0.2) is 12.6 Å². The quantitative estimate of drug-likeness (QED) is 0.390. The van der Waals surface area contributed by atoms with Gasteiger partial charge in [-0.3, -0.25) is 0 Å². The number of carboxylic acids is 1. The molecule has 7 heteroatoms. The van der Waals surface area contributed by atoms with Crippen molar-refractivity contribution < 1.29 is 28.8 Å². The molecule has 54 valence electrons. The minimum Gasteiger partial charge on any atom is -0.790 e. The molecule has 0 atom stereocenters. The smallest absolute Gasteiger partial charge is 0.0913 e. The highest BCUT2D eigenvalue weighted by Gasteiger charge is 1.89. The lowest BCUT2D eigenvalue weighted by Crippen LogP contribution is -2.29. The van der Waals surface area contributed by atoms with Gasteiger partial charge >= 0.3 is 0 Å². The second kappa shape index (κ2) is 2.93. The number of carbonyl (C=O) groups is 1. The zero-order valence-corrected chi connectivity index (χ0v) is 5.00. The lowest BCUT2D eigenvalue weighted by molar-refractivity contribution is -0.347. The molecule has 0 aliphatic carbocycles. The van der Waals surface area contributed by atoms with E-state index in [0.29, 0.717) is 0 Å². The summed E-state index contributed by atoms with van der Waals surface area (Å²) in [5.74, 6) is -1.75. The predicted octanol–water partition coefficient (Wildman–Crippen LogP) is -3.42. The van der Waals surface area contributed by atoms with Crippen LogP contribution < -0.4 is 14.9 Å². The Kier molecular flexibility index (Phi) is 2.80. The van der Waals surface area contributed by atoms with Crippen LogP contribution >= 0.6 is 7.82 Å². The Hall–Kier alpha value is -0.420. The summed E-state index contributed by atoms with van der Waals surface area (Å²) in [6.45, 7) is -1.22. The van der Waals surface area contributed by atoms with E-state index in [1.165, 1.54) is 0 Å². The third-order valence-electron chi connectivity index (χ3n) is 0.341. The van der Waals surface area contributed by atoms with Gasteiger partial charge in [0.25, 0.3) is 0 Å². The first-order valence-electron chi connectivity index (χ1n) is 1.78. The minimum absolute atomic E-state index is 1.22. The molecule has 0 fully saturated rings. The molecule has 6 nitrogen and oxygen atoms in total. The maximum atomic E-state index is 9.49. The fourth-order valence-electron chi connectivity index (χ4n) is 0.132. The molecular formula is C2H2O6P-3. The first-order valence-corrected chi connectivity index (χ1v) is 3.24. The van der Waals surface area contributed by atoms with Gasteiger partial charge in [0.2, 0.25) is 0 Å². The van der Waals surface area contributed by atoms with Crippen LogP contribution in [0.15, 0.2) is 0 Å². The molecule has 0 bridgehead atoms. The van der Waals surface area contributed by atoms with Crippen LogP contribution in [0.25, 0.3) is 0 Å². The topological polar surface area (TPSA) is 113 Å². The molecule has 0 amide bonds. The van der Waals surface area contributed by atoms with Gasteiger partial charge in [-0.05, 0) is 0 Å². The number of aliphatic carboxylic acids is 1. The molecule has 9 heavy (non-hydrogen) atoms. The maximum Gasteiger partial charge on any atom is 0.0913 e. The van der Waals surface area contributed by atoms with E-state index in [-0.39, 0.29) is 0 Å².